The highest BCUT2D eigenvalue weighted by Gasteiger charge is 2.38. The van der Waals surface area contributed by atoms with Crippen LogP contribution in [0.2, 0.25) is 0 Å². The SMILES string of the molecule is CCC(C)C(N)C(=O)NC(CCC(=O)O)C(=O)NC(CCSC)C(=O)N1CCCC1C(=O)O. The molecule has 0 radical (unpaired) electrons. The second-order valence-corrected chi connectivity index (χ2v) is 9.26. The Balaban J connectivity index is 3.01. The highest BCUT2D eigenvalue weighted by molar-refractivity contribution is 7.98. The summed E-state index contributed by atoms with van der Waals surface area (Å²) in [5.74, 6) is -3.62. The number of carbonyl (C=O) groups is 5. The standard InChI is InChI=1S/C21H36N4O7S/c1-4-12(2)17(22)19(29)23-13(7-8-16(26)27)18(28)24-14(9-11-33-3)20(30)25-10-5-6-15(25)21(31)32/h12-15,17H,4-11,22H2,1-3H3,(H,23,29)(H,24,28)(H,26,27)(H,31,32). The first kappa shape index (κ1) is 28.7. The van der Waals surface area contributed by atoms with E-state index >= 15 is 0 Å². The van der Waals surface area contributed by atoms with Gasteiger partial charge in [0.05, 0.1) is 6.04 Å². The van der Waals surface area contributed by atoms with Crippen LogP contribution in [0.15, 0.2) is 0 Å². The van der Waals surface area contributed by atoms with E-state index in [2.05, 4.69) is 10.6 Å². The third-order valence-electron chi connectivity index (χ3n) is 5.89. The number of amides is 3. The summed E-state index contributed by atoms with van der Waals surface area (Å²) in [6, 6.07) is -3.99. The monoisotopic (exact) mass is 488 g/mol. The minimum atomic E-state index is -1.19. The van der Waals surface area contributed by atoms with Crippen LogP contribution in [-0.4, -0.2) is 87.5 Å². The summed E-state index contributed by atoms with van der Waals surface area (Å²) < 4.78 is 0. The van der Waals surface area contributed by atoms with Crippen LogP contribution < -0.4 is 16.4 Å². The quantitative estimate of drug-likeness (QED) is 0.225. The third-order valence-corrected chi connectivity index (χ3v) is 6.53. The zero-order valence-corrected chi connectivity index (χ0v) is 20.2. The maximum absolute atomic E-state index is 13.1. The van der Waals surface area contributed by atoms with Crippen molar-refractivity contribution in [2.75, 3.05) is 18.6 Å². The molecule has 3 amide bonds. The molecule has 0 aromatic rings. The molecule has 0 spiro atoms. The van der Waals surface area contributed by atoms with Crippen molar-refractivity contribution in [2.45, 2.75) is 76.5 Å². The summed E-state index contributed by atoms with van der Waals surface area (Å²) in [6.45, 7) is 3.95. The largest absolute Gasteiger partial charge is 0.481 e. The van der Waals surface area contributed by atoms with E-state index in [-0.39, 0.29) is 31.7 Å². The molecule has 5 unspecified atom stereocenters. The van der Waals surface area contributed by atoms with Gasteiger partial charge in [-0.1, -0.05) is 20.3 Å². The van der Waals surface area contributed by atoms with Gasteiger partial charge in [-0.25, -0.2) is 4.79 Å². The van der Waals surface area contributed by atoms with Gasteiger partial charge in [0, 0.05) is 13.0 Å². The number of nitrogens with one attached hydrogen (secondary N) is 2. The molecule has 0 aromatic heterocycles. The maximum Gasteiger partial charge on any atom is 0.326 e. The lowest BCUT2D eigenvalue weighted by molar-refractivity contribution is -0.149. The van der Waals surface area contributed by atoms with Gasteiger partial charge < -0.3 is 31.5 Å². The second kappa shape index (κ2) is 14.0. The van der Waals surface area contributed by atoms with E-state index in [0.29, 0.717) is 25.0 Å². The molecule has 1 fully saturated rings. The zero-order valence-electron chi connectivity index (χ0n) is 19.4. The predicted molar refractivity (Wildman–Crippen MR) is 124 cm³/mol. The van der Waals surface area contributed by atoms with Crippen molar-refractivity contribution in [1.29, 1.82) is 0 Å². The number of carboxylic acid groups (broad SMARTS) is 2. The summed E-state index contributed by atoms with van der Waals surface area (Å²) in [6.07, 6.45) is 3.10. The van der Waals surface area contributed by atoms with Gasteiger partial charge in [0.2, 0.25) is 17.7 Å². The van der Waals surface area contributed by atoms with Crippen LogP contribution in [-0.2, 0) is 24.0 Å². The van der Waals surface area contributed by atoms with Gasteiger partial charge in [-0.15, -0.1) is 0 Å². The fraction of sp³-hybridized carbons (Fsp3) is 0.762. The molecule has 6 N–H and O–H groups in total. The van der Waals surface area contributed by atoms with Crippen molar-refractivity contribution in [2.24, 2.45) is 11.7 Å². The molecule has 11 nitrogen and oxygen atoms in total. The average molecular weight is 489 g/mol. The van der Waals surface area contributed by atoms with E-state index in [1.54, 1.807) is 6.92 Å². The molecule has 12 heteroatoms. The van der Waals surface area contributed by atoms with Gasteiger partial charge in [0.15, 0.2) is 0 Å². The van der Waals surface area contributed by atoms with Crippen LogP contribution in [0.1, 0.15) is 52.4 Å². The molecule has 188 valence electrons. The minimum absolute atomic E-state index is 0.146. The van der Waals surface area contributed by atoms with Crippen molar-refractivity contribution in [3.8, 4) is 0 Å². The molecule has 1 aliphatic heterocycles. The van der Waals surface area contributed by atoms with Gasteiger partial charge in [-0.05, 0) is 43.6 Å². The number of thioether (sulfide) groups is 1. The van der Waals surface area contributed by atoms with Crippen molar-refractivity contribution in [3.05, 3.63) is 0 Å². The van der Waals surface area contributed by atoms with E-state index in [1.807, 2.05) is 13.2 Å². The first-order valence-corrected chi connectivity index (χ1v) is 12.5. The lowest BCUT2D eigenvalue weighted by atomic mass is 9.98. The Kier molecular flexibility index (Phi) is 12.2. The van der Waals surface area contributed by atoms with Gasteiger partial charge >= 0.3 is 11.9 Å². The molecule has 5 atom stereocenters. The highest BCUT2D eigenvalue weighted by atomic mass is 32.2. The second-order valence-electron chi connectivity index (χ2n) is 8.28. The zero-order chi connectivity index (χ0) is 25.1. The van der Waals surface area contributed by atoms with Gasteiger partial charge in [0.1, 0.15) is 18.1 Å². The molecule has 1 heterocycles. The Hall–Kier alpha value is -2.34. The summed E-state index contributed by atoms with van der Waals surface area (Å²) in [5, 5.41) is 23.6. The van der Waals surface area contributed by atoms with Gasteiger partial charge in [-0.2, -0.15) is 11.8 Å². The van der Waals surface area contributed by atoms with Gasteiger partial charge in [0.25, 0.3) is 0 Å². The molecular weight excluding hydrogens is 452 g/mol. The molecule has 0 bridgehead atoms. The van der Waals surface area contributed by atoms with Crippen LogP contribution in [0.3, 0.4) is 0 Å². The molecule has 33 heavy (non-hydrogen) atoms. The van der Waals surface area contributed by atoms with E-state index in [0.717, 1.165) is 0 Å². The number of likely N-dealkylation sites (tertiary alicyclic amines) is 1. The number of carbonyl (C=O) groups excluding carboxylic acids is 3. The number of nitrogens with two attached hydrogens (primary N) is 1. The van der Waals surface area contributed by atoms with Crippen LogP contribution in [0.5, 0.6) is 0 Å². The summed E-state index contributed by atoms with van der Waals surface area (Å²) in [5.41, 5.74) is 5.94. The van der Waals surface area contributed by atoms with Crippen LogP contribution in [0.25, 0.3) is 0 Å². The van der Waals surface area contributed by atoms with Crippen molar-refractivity contribution in [3.63, 3.8) is 0 Å². The Bertz CT molecular complexity index is 721. The Labute approximate surface area is 198 Å². The molecule has 0 aliphatic carbocycles. The topological polar surface area (TPSA) is 179 Å². The number of nitrogens with zero attached hydrogens (tertiary/aromatic N) is 1. The maximum atomic E-state index is 13.1. The Morgan fingerprint density at radius 2 is 1.73 bits per heavy atom. The number of hydrogen-bond acceptors (Lipinski definition) is 7. The number of carboxylic acids is 2. The lowest BCUT2D eigenvalue weighted by Gasteiger charge is -2.29. The summed E-state index contributed by atoms with van der Waals surface area (Å²) in [7, 11) is 0. The van der Waals surface area contributed by atoms with Crippen LogP contribution in [0, 0.1) is 5.92 Å². The van der Waals surface area contributed by atoms with Crippen LogP contribution in [0.4, 0.5) is 0 Å². The van der Waals surface area contributed by atoms with Crippen LogP contribution >= 0.6 is 11.8 Å². The fourth-order valence-electron chi connectivity index (χ4n) is 3.57. The molecule has 1 aliphatic rings. The third kappa shape index (κ3) is 8.84. The summed E-state index contributed by atoms with van der Waals surface area (Å²) in [4.78, 5) is 62.4. The van der Waals surface area contributed by atoms with Gasteiger partial charge in [-0.3, -0.25) is 19.2 Å². The molecule has 0 aromatic carbocycles. The Morgan fingerprint density at radius 1 is 1.09 bits per heavy atom. The fourth-order valence-corrected chi connectivity index (χ4v) is 4.04. The lowest BCUT2D eigenvalue weighted by Crippen LogP contribution is -2.57. The van der Waals surface area contributed by atoms with E-state index < -0.39 is 53.8 Å². The Morgan fingerprint density at radius 3 is 2.27 bits per heavy atom. The molecule has 1 rings (SSSR count). The van der Waals surface area contributed by atoms with Crippen molar-refractivity contribution >= 4 is 41.4 Å². The number of hydrogen-bond donors (Lipinski definition) is 5. The van der Waals surface area contributed by atoms with E-state index in [9.17, 15) is 29.1 Å². The van der Waals surface area contributed by atoms with Crippen molar-refractivity contribution < 1.29 is 34.2 Å². The minimum Gasteiger partial charge on any atom is -0.481 e. The van der Waals surface area contributed by atoms with E-state index in [1.165, 1.54) is 16.7 Å². The molecular formula is C21H36N4O7S. The van der Waals surface area contributed by atoms with Crippen molar-refractivity contribution in [1.82, 2.24) is 15.5 Å². The molecule has 0 saturated carbocycles. The molecule has 1 saturated heterocycles. The average Bonchev–Trinajstić information content (AvgIpc) is 3.27. The first-order chi connectivity index (χ1) is 15.5. The van der Waals surface area contributed by atoms with E-state index in [4.69, 9.17) is 10.8 Å². The predicted octanol–water partition coefficient (Wildman–Crippen LogP) is 0.0229. The number of rotatable bonds is 14. The normalized spacial score (nSPS) is 19.3. The highest BCUT2D eigenvalue weighted by Crippen LogP contribution is 2.20. The first-order valence-electron chi connectivity index (χ1n) is 11.1. The number of aliphatic carboxylic acids is 2. The smallest absolute Gasteiger partial charge is 0.326 e. The summed E-state index contributed by atoms with van der Waals surface area (Å²) >= 11 is 1.46.